The van der Waals surface area contributed by atoms with Crippen LogP contribution in [0.5, 0.6) is 0 Å². The van der Waals surface area contributed by atoms with Gasteiger partial charge in [0.25, 0.3) is 0 Å². The standard InChI is InChI=1S/C30H34N2O3/c1-18-6-9-22(19(2)14-18)27(26-11-7-20(3)35-26)32-28(34)30(12-13-30)21-8-10-25-23(15-21)24(16-31-25)29(4,5)17-33/h6-11,14-16,27,31,33H,12-13,17H2,1-5H3,(H,32,34). The van der Waals surface area contributed by atoms with Crippen molar-refractivity contribution >= 4 is 16.8 Å². The summed E-state index contributed by atoms with van der Waals surface area (Å²) in [6, 6.07) is 16.1. The molecule has 35 heavy (non-hydrogen) atoms. The minimum atomic E-state index is -0.551. The molecular formula is C30H34N2O3. The summed E-state index contributed by atoms with van der Waals surface area (Å²) >= 11 is 0. The lowest BCUT2D eigenvalue weighted by atomic mass is 9.84. The van der Waals surface area contributed by atoms with Crippen molar-refractivity contribution in [2.75, 3.05) is 6.61 Å². The van der Waals surface area contributed by atoms with Crippen molar-refractivity contribution in [3.05, 3.63) is 94.1 Å². The third-order valence-corrected chi connectivity index (χ3v) is 7.60. The molecular weight excluding hydrogens is 436 g/mol. The van der Waals surface area contributed by atoms with E-state index in [9.17, 15) is 9.90 Å². The van der Waals surface area contributed by atoms with E-state index in [2.05, 4.69) is 54.5 Å². The number of aryl methyl sites for hydroxylation is 3. The molecule has 1 fully saturated rings. The predicted octanol–water partition coefficient (Wildman–Crippen LogP) is 5.89. The molecule has 4 aromatic rings. The summed E-state index contributed by atoms with van der Waals surface area (Å²) in [6.07, 6.45) is 3.59. The molecule has 1 amide bonds. The molecule has 0 radical (unpaired) electrons. The molecule has 1 saturated carbocycles. The lowest BCUT2D eigenvalue weighted by Crippen LogP contribution is -2.38. The fourth-order valence-corrected chi connectivity index (χ4v) is 5.16. The first-order chi connectivity index (χ1) is 16.6. The maximum atomic E-state index is 13.9. The highest BCUT2D eigenvalue weighted by Gasteiger charge is 2.52. The van der Waals surface area contributed by atoms with Gasteiger partial charge in [-0.1, -0.05) is 43.7 Å². The Morgan fingerprint density at radius 1 is 1.11 bits per heavy atom. The van der Waals surface area contributed by atoms with Crippen molar-refractivity contribution in [3.8, 4) is 0 Å². The van der Waals surface area contributed by atoms with Gasteiger partial charge in [-0.2, -0.15) is 0 Å². The largest absolute Gasteiger partial charge is 0.464 e. The van der Waals surface area contributed by atoms with Gasteiger partial charge in [0, 0.05) is 22.5 Å². The van der Waals surface area contributed by atoms with Gasteiger partial charge in [0.1, 0.15) is 17.6 Å². The topological polar surface area (TPSA) is 78.3 Å². The van der Waals surface area contributed by atoms with Gasteiger partial charge < -0.3 is 19.8 Å². The second-order valence-corrected chi connectivity index (χ2v) is 10.8. The number of H-pyrrole nitrogens is 1. The van der Waals surface area contributed by atoms with Crippen LogP contribution < -0.4 is 5.32 Å². The van der Waals surface area contributed by atoms with E-state index in [0.29, 0.717) is 0 Å². The van der Waals surface area contributed by atoms with Gasteiger partial charge in [0.05, 0.1) is 12.0 Å². The van der Waals surface area contributed by atoms with E-state index < -0.39 is 5.41 Å². The number of fused-ring (bicyclic) bond motifs is 1. The molecule has 5 nitrogen and oxygen atoms in total. The third-order valence-electron chi connectivity index (χ3n) is 7.60. The molecule has 5 rings (SSSR count). The van der Waals surface area contributed by atoms with E-state index in [1.165, 1.54) is 5.56 Å². The highest BCUT2D eigenvalue weighted by molar-refractivity contribution is 5.94. The van der Waals surface area contributed by atoms with Gasteiger partial charge in [0.15, 0.2) is 0 Å². The Hall–Kier alpha value is -3.31. The fourth-order valence-electron chi connectivity index (χ4n) is 5.16. The van der Waals surface area contributed by atoms with Gasteiger partial charge in [-0.05, 0) is 80.1 Å². The molecule has 5 heteroatoms. The van der Waals surface area contributed by atoms with E-state index >= 15 is 0 Å². The number of carbonyl (C=O) groups excluding carboxylic acids is 1. The first-order valence-electron chi connectivity index (χ1n) is 12.3. The average molecular weight is 471 g/mol. The van der Waals surface area contributed by atoms with Gasteiger partial charge in [0.2, 0.25) is 5.91 Å². The van der Waals surface area contributed by atoms with Crippen LogP contribution in [-0.2, 0) is 15.6 Å². The molecule has 1 aliphatic rings. The number of amides is 1. The SMILES string of the molecule is Cc1ccc(C(NC(=O)C2(c3ccc4[nH]cc(C(C)(C)CO)c4c3)CC2)c2ccc(C)o2)c(C)c1. The highest BCUT2D eigenvalue weighted by Crippen LogP contribution is 2.50. The fraction of sp³-hybridized carbons (Fsp3) is 0.367. The maximum absolute atomic E-state index is 13.9. The van der Waals surface area contributed by atoms with E-state index in [4.69, 9.17) is 4.42 Å². The molecule has 1 aliphatic carbocycles. The van der Waals surface area contributed by atoms with Crippen LogP contribution in [0.1, 0.15) is 72.1 Å². The number of aromatic amines is 1. The Labute approximate surface area is 206 Å². The Bertz CT molecular complexity index is 1400. The summed E-state index contributed by atoms with van der Waals surface area (Å²) < 4.78 is 6.00. The van der Waals surface area contributed by atoms with E-state index in [0.717, 1.165) is 57.5 Å². The van der Waals surface area contributed by atoms with Crippen molar-refractivity contribution in [3.63, 3.8) is 0 Å². The quantitative estimate of drug-likeness (QED) is 0.315. The number of furan rings is 1. The lowest BCUT2D eigenvalue weighted by molar-refractivity contribution is -0.124. The number of benzene rings is 2. The summed E-state index contributed by atoms with van der Waals surface area (Å²) in [6.45, 7) is 10.2. The predicted molar refractivity (Wildman–Crippen MR) is 139 cm³/mol. The number of rotatable bonds is 7. The van der Waals surface area contributed by atoms with E-state index in [1.54, 1.807) is 0 Å². The van der Waals surface area contributed by atoms with E-state index in [-0.39, 0.29) is 24.0 Å². The monoisotopic (exact) mass is 470 g/mol. The normalized spacial score (nSPS) is 15.8. The minimum absolute atomic E-state index is 0.0226. The van der Waals surface area contributed by atoms with Crippen LogP contribution >= 0.6 is 0 Å². The number of nitrogens with one attached hydrogen (secondary N) is 2. The van der Waals surface area contributed by atoms with Crippen LogP contribution in [0.4, 0.5) is 0 Å². The molecule has 2 heterocycles. The van der Waals surface area contributed by atoms with Gasteiger partial charge in [-0.15, -0.1) is 0 Å². The number of aromatic nitrogens is 1. The molecule has 1 atom stereocenters. The summed E-state index contributed by atoms with van der Waals surface area (Å²) in [5.41, 5.74) is 5.53. The highest BCUT2D eigenvalue weighted by atomic mass is 16.3. The Morgan fingerprint density at radius 2 is 1.89 bits per heavy atom. The van der Waals surface area contributed by atoms with Gasteiger partial charge >= 0.3 is 0 Å². The molecule has 3 N–H and O–H groups in total. The molecule has 0 saturated heterocycles. The third kappa shape index (κ3) is 4.08. The van der Waals surface area contributed by atoms with Crippen LogP contribution in [-0.4, -0.2) is 22.6 Å². The van der Waals surface area contributed by atoms with Crippen LogP contribution in [0.25, 0.3) is 10.9 Å². The molecule has 182 valence electrons. The van der Waals surface area contributed by atoms with Crippen LogP contribution in [0.2, 0.25) is 0 Å². The zero-order valence-corrected chi connectivity index (χ0v) is 21.2. The van der Waals surface area contributed by atoms with Crippen LogP contribution in [0, 0.1) is 20.8 Å². The number of hydrogen-bond acceptors (Lipinski definition) is 3. The molecule has 0 spiro atoms. The van der Waals surface area contributed by atoms with Crippen LogP contribution in [0.3, 0.4) is 0 Å². The molecule has 2 aromatic heterocycles. The first kappa shape index (κ1) is 23.4. The van der Waals surface area contributed by atoms with Crippen molar-refractivity contribution in [2.45, 2.75) is 64.3 Å². The summed E-state index contributed by atoms with van der Waals surface area (Å²) in [4.78, 5) is 17.2. The zero-order chi connectivity index (χ0) is 25.0. The minimum Gasteiger partial charge on any atom is -0.464 e. The summed E-state index contributed by atoms with van der Waals surface area (Å²) in [5, 5.41) is 14.3. The molecule has 1 unspecified atom stereocenters. The second kappa shape index (κ2) is 8.42. The molecule has 2 aromatic carbocycles. The van der Waals surface area contributed by atoms with Crippen molar-refractivity contribution in [1.29, 1.82) is 0 Å². The second-order valence-electron chi connectivity index (χ2n) is 10.8. The smallest absolute Gasteiger partial charge is 0.231 e. The Balaban J connectivity index is 1.51. The first-order valence-corrected chi connectivity index (χ1v) is 12.3. The van der Waals surface area contributed by atoms with Crippen molar-refractivity contribution in [2.24, 2.45) is 0 Å². The van der Waals surface area contributed by atoms with E-state index in [1.807, 2.05) is 45.2 Å². The Morgan fingerprint density at radius 3 is 2.51 bits per heavy atom. The average Bonchev–Trinajstić information content (AvgIpc) is 3.34. The number of aliphatic hydroxyl groups excluding tert-OH is 1. The van der Waals surface area contributed by atoms with Crippen LogP contribution in [0.15, 0.2) is 59.1 Å². The summed E-state index contributed by atoms with van der Waals surface area (Å²) in [7, 11) is 0. The summed E-state index contributed by atoms with van der Waals surface area (Å²) in [5.74, 6) is 1.59. The molecule has 0 bridgehead atoms. The Kier molecular flexibility index (Phi) is 5.64. The van der Waals surface area contributed by atoms with Crippen molar-refractivity contribution < 1.29 is 14.3 Å². The zero-order valence-electron chi connectivity index (χ0n) is 21.2. The van der Waals surface area contributed by atoms with Gasteiger partial charge in [-0.3, -0.25) is 4.79 Å². The van der Waals surface area contributed by atoms with Gasteiger partial charge in [-0.25, -0.2) is 0 Å². The maximum Gasteiger partial charge on any atom is 0.231 e. The number of carbonyl (C=O) groups is 1. The number of aliphatic hydroxyl groups is 1. The molecule has 0 aliphatic heterocycles. The number of hydrogen-bond donors (Lipinski definition) is 3. The lowest BCUT2D eigenvalue weighted by Gasteiger charge is -2.24. The van der Waals surface area contributed by atoms with Crippen molar-refractivity contribution in [1.82, 2.24) is 10.3 Å².